The van der Waals surface area contributed by atoms with E-state index in [0.29, 0.717) is 20.1 Å². The van der Waals surface area contributed by atoms with Gasteiger partial charge in [0.2, 0.25) is 0 Å². The standard InChI is InChI=1S/C23H19Cl2N3O3S/c1-27(32(30,31)20-13-11-19(25)12-14-20)23(29)28-15-21(16-5-3-2-4-6-16)22(26-28)17-7-9-18(24)10-8-17/h2-14,21H,15H2,1H3/t21-/m1/s1. The fourth-order valence-corrected chi connectivity index (χ4v) is 4.83. The van der Waals surface area contributed by atoms with Crippen LogP contribution in [0.25, 0.3) is 0 Å². The fraction of sp³-hybridized carbons (Fsp3) is 0.130. The van der Waals surface area contributed by atoms with Gasteiger partial charge in [0.25, 0.3) is 10.0 Å². The molecule has 1 heterocycles. The first-order valence-corrected chi connectivity index (χ1v) is 11.9. The second kappa shape index (κ2) is 8.94. The molecule has 0 bridgehead atoms. The summed E-state index contributed by atoms with van der Waals surface area (Å²) in [5, 5.41) is 6.70. The molecule has 3 aromatic carbocycles. The number of urea groups is 1. The molecule has 1 atom stereocenters. The van der Waals surface area contributed by atoms with Gasteiger partial charge in [-0.05, 0) is 47.5 Å². The van der Waals surface area contributed by atoms with E-state index in [1.807, 2.05) is 42.5 Å². The predicted molar refractivity (Wildman–Crippen MR) is 126 cm³/mol. The minimum absolute atomic E-state index is 0.0292. The highest BCUT2D eigenvalue weighted by atomic mass is 35.5. The van der Waals surface area contributed by atoms with Gasteiger partial charge < -0.3 is 0 Å². The summed E-state index contributed by atoms with van der Waals surface area (Å²) in [4.78, 5) is 13.1. The quantitative estimate of drug-likeness (QED) is 0.505. The van der Waals surface area contributed by atoms with Gasteiger partial charge in [-0.1, -0.05) is 65.7 Å². The van der Waals surface area contributed by atoms with Crippen LogP contribution in [0.1, 0.15) is 17.0 Å². The van der Waals surface area contributed by atoms with E-state index >= 15 is 0 Å². The molecule has 0 unspecified atom stereocenters. The molecule has 0 aliphatic carbocycles. The van der Waals surface area contributed by atoms with E-state index in [1.54, 1.807) is 12.1 Å². The van der Waals surface area contributed by atoms with Crippen LogP contribution < -0.4 is 0 Å². The third-order valence-electron chi connectivity index (χ3n) is 5.22. The van der Waals surface area contributed by atoms with Crippen molar-refractivity contribution in [1.82, 2.24) is 9.31 Å². The summed E-state index contributed by atoms with van der Waals surface area (Å²) >= 11 is 11.9. The van der Waals surface area contributed by atoms with Crippen molar-refractivity contribution in [2.24, 2.45) is 5.10 Å². The lowest BCUT2D eigenvalue weighted by molar-refractivity contribution is 0.189. The van der Waals surface area contributed by atoms with Gasteiger partial charge in [0.1, 0.15) is 0 Å². The molecule has 0 saturated heterocycles. The average molecular weight is 488 g/mol. The molecule has 0 fully saturated rings. The number of sulfonamides is 1. The smallest absolute Gasteiger partial charge is 0.245 e. The Hall–Kier alpha value is -2.87. The van der Waals surface area contributed by atoms with Crippen LogP contribution in [0.15, 0.2) is 88.9 Å². The van der Waals surface area contributed by atoms with Crippen LogP contribution in [0, 0.1) is 0 Å². The number of carbonyl (C=O) groups is 1. The van der Waals surface area contributed by atoms with Gasteiger partial charge in [-0.3, -0.25) is 0 Å². The minimum Gasteiger partial charge on any atom is -0.245 e. The third kappa shape index (κ3) is 4.37. The molecule has 32 heavy (non-hydrogen) atoms. The number of hydrogen-bond donors (Lipinski definition) is 0. The molecular weight excluding hydrogens is 469 g/mol. The summed E-state index contributed by atoms with van der Waals surface area (Å²) in [5.41, 5.74) is 2.44. The zero-order valence-electron chi connectivity index (χ0n) is 17.0. The van der Waals surface area contributed by atoms with Gasteiger partial charge in [-0.2, -0.15) is 5.10 Å². The molecule has 0 aromatic heterocycles. The summed E-state index contributed by atoms with van der Waals surface area (Å²) in [5.74, 6) is -0.215. The van der Waals surface area contributed by atoms with Crippen molar-refractivity contribution in [3.63, 3.8) is 0 Å². The summed E-state index contributed by atoms with van der Waals surface area (Å²) in [6.45, 7) is 0.210. The van der Waals surface area contributed by atoms with E-state index in [9.17, 15) is 13.2 Å². The Morgan fingerprint density at radius 1 is 0.938 bits per heavy atom. The van der Waals surface area contributed by atoms with Crippen molar-refractivity contribution in [3.8, 4) is 0 Å². The molecule has 0 N–H and O–H groups in total. The monoisotopic (exact) mass is 487 g/mol. The minimum atomic E-state index is -4.07. The number of nitrogens with zero attached hydrogens (tertiary/aromatic N) is 3. The van der Waals surface area contributed by atoms with E-state index in [2.05, 4.69) is 5.10 Å². The lowest BCUT2D eigenvalue weighted by Crippen LogP contribution is -2.41. The van der Waals surface area contributed by atoms with Crippen LogP contribution in [-0.2, 0) is 10.0 Å². The molecule has 2 amide bonds. The zero-order chi connectivity index (χ0) is 22.9. The topological polar surface area (TPSA) is 70.1 Å². The maximum Gasteiger partial charge on any atom is 0.354 e. The first-order chi connectivity index (χ1) is 15.3. The molecule has 3 aromatic rings. The Bertz CT molecular complexity index is 1260. The van der Waals surface area contributed by atoms with Gasteiger partial charge in [-0.25, -0.2) is 22.5 Å². The van der Waals surface area contributed by atoms with Crippen molar-refractivity contribution in [2.45, 2.75) is 10.8 Å². The predicted octanol–water partition coefficient (Wildman–Crippen LogP) is 5.24. The van der Waals surface area contributed by atoms with Crippen LogP contribution in [0.5, 0.6) is 0 Å². The number of benzene rings is 3. The van der Waals surface area contributed by atoms with Gasteiger partial charge in [0.15, 0.2) is 0 Å². The van der Waals surface area contributed by atoms with Gasteiger partial charge in [0.05, 0.1) is 17.2 Å². The van der Waals surface area contributed by atoms with Crippen LogP contribution in [0.4, 0.5) is 4.79 Å². The van der Waals surface area contributed by atoms with Crippen molar-refractivity contribution < 1.29 is 13.2 Å². The van der Waals surface area contributed by atoms with Gasteiger partial charge >= 0.3 is 6.03 Å². The molecule has 164 valence electrons. The fourth-order valence-electron chi connectivity index (χ4n) is 3.48. The Balaban J connectivity index is 1.67. The van der Waals surface area contributed by atoms with E-state index in [1.165, 1.54) is 36.3 Å². The van der Waals surface area contributed by atoms with Crippen molar-refractivity contribution in [1.29, 1.82) is 0 Å². The number of hydrogen-bond acceptors (Lipinski definition) is 4. The molecule has 4 rings (SSSR count). The molecule has 1 aliphatic heterocycles. The summed E-state index contributed by atoms with van der Waals surface area (Å²) in [7, 11) is -2.84. The van der Waals surface area contributed by atoms with Crippen molar-refractivity contribution >= 4 is 45.0 Å². The lowest BCUT2D eigenvalue weighted by Gasteiger charge is -2.22. The number of hydrazone groups is 1. The van der Waals surface area contributed by atoms with Gasteiger partial charge in [-0.15, -0.1) is 0 Å². The summed E-state index contributed by atoms with van der Waals surface area (Å²) in [6, 6.07) is 21.7. The van der Waals surface area contributed by atoms with E-state index in [4.69, 9.17) is 23.2 Å². The van der Waals surface area contributed by atoms with E-state index < -0.39 is 16.1 Å². The van der Waals surface area contributed by atoms with E-state index in [0.717, 1.165) is 11.1 Å². The number of carbonyl (C=O) groups excluding carboxylic acids is 1. The Kier molecular flexibility index (Phi) is 6.24. The summed E-state index contributed by atoms with van der Waals surface area (Å²) < 4.78 is 26.6. The zero-order valence-corrected chi connectivity index (χ0v) is 19.3. The third-order valence-corrected chi connectivity index (χ3v) is 7.47. The molecule has 0 radical (unpaired) electrons. The number of amides is 2. The molecule has 1 aliphatic rings. The molecule has 9 heteroatoms. The molecular formula is C23H19Cl2N3O3S. The maximum atomic E-state index is 13.2. The highest BCUT2D eigenvalue weighted by Crippen LogP contribution is 2.30. The Labute approximate surface area is 196 Å². The van der Waals surface area contributed by atoms with Crippen molar-refractivity contribution in [2.75, 3.05) is 13.6 Å². The Morgan fingerprint density at radius 3 is 2.09 bits per heavy atom. The lowest BCUT2D eigenvalue weighted by atomic mass is 9.91. The van der Waals surface area contributed by atoms with Gasteiger partial charge in [0, 0.05) is 23.0 Å². The number of halogens is 2. The largest absolute Gasteiger partial charge is 0.354 e. The van der Waals surface area contributed by atoms with Crippen LogP contribution in [0.2, 0.25) is 10.0 Å². The van der Waals surface area contributed by atoms with E-state index in [-0.39, 0.29) is 17.4 Å². The normalized spacial score (nSPS) is 16.0. The first-order valence-electron chi connectivity index (χ1n) is 9.73. The second-order valence-corrected chi connectivity index (χ2v) is 10.1. The van der Waals surface area contributed by atoms with Crippen LogP contribution in [-0.4, -0.2) is 43.1 Å². The maximum absolute atomic E-state index is 13.2. The molecule has 0 spiro atoms. The molecule has 0 saturated carbocycles. The first kappa shape index (κ1) is 22.3. The molecule has 6 nitrogen and oxygen atoms in total. The Morgan fingerprint density at radius 2 is 1.50 bits per heavy atom. The van der Waals surface area contributed by atoms with Crippen molar-refractivity contribution in [3.05, 3.63) is 100 Å². The highest BCUT2D eigenvalue weighted by molar-refractivity contribution is 7.89. The van der Waals surface area contributed by atoms with Crippen LogP contribution in [0.3, 0.4) is 0 Å². The average Bonchev–Trinajstić information content (AvgIpc) is 3.25. The second-order valence-electron chi connectivity index (χ2n) is 7.25. The van der Waals surface area contributed by atoms with Crippen LogP contribution >= 0.6 is 23.2 Å². The highest BCUT2D eigenvalue weighted by Gasteiger charge is 2.36. The SMILES string of the molecule is CN(C(=O)N1C[C@H](c2ccccc2)C(c2ccc(Cl)cc2)=N1)S(=O)(=O)c1ccc(Cl)cc1. The summed E-state index contributed by atoms with van der Waals surface area (Å²) in [6.07, 6.45) is 0. The number of rotatable bonds is 4.